The monoisotopic (exact) mass is 233 g/mol. The standard InChI is InChI=1S/C10H13F2N.Ti/c1-7(2)6-13-10-4-3-8(11)5-9(10)12;/h3-5,7,13H,6H2,1-2H3;. The molecular formula is C10H13F2NTi. The minimum atomic E-state index is -0.549. The number of hydrogen-bond acceptors (Lipinski definition) is 1. The van der Waals surface area contributed by atoms with Crippen LogP contribution in [-0.2, 0) is 21.7 Å². The van der Waals surface area contributed by atoms with E-state index in [-0.39, 0.29) is 21.7 Å². The number of rotatable bonds is 3. The first-order valence-corrected chi connectivity index (χ1v) is 4.28. The summed E-state index contributed by atoms with van der Waals surface area (Å²) in [5.74, 6) is -0.655. The van der Waals surface area contributed by atoms with Crippen LogP contribution in [0.1, 0.15) is 13.8 Å². The van der Waals surface area contributed by atoms with Gasteiger partial charge in [0.2, 0.25) is 0 Å². The average Bonchev–Trinajstić information content (AvgIpc) is 2.02. The molecule has 4 heteroatoms. The number of halogens is 2. The molecule has 0 bridgehead atoms. The van der Waals surface area contributed by atoms with Gasteiger partial charge >= 0.3 is 0 Å². The normalized spacial score (nSPS) is 9.79. The first-order chi connectivity index (χ1) is 6.09. The fourth-order valence-corrected chi connectivity index (χ4v) is 0.947. The summed E-state index contributed by atoms with van der Waals surface area (Å²) in [5, 5.41) is 2.90. The number of anilines is 1. The smallest absolute Gasteiger partial charge is 0.149 e. The van der Waals surface area contributed by atoms with Gasteiger partial charge in [0.25, 0.3) is 0 Å². The fraction of sp³-hybridized carbons (Fsp3) is 0.400. The molecule has 0 aromatic heterocycles. The van der Waals surface area contributed by atoms with Gasteiger partial charge in [-0.05, 0) is 18.1 Å². The van der Waals surface area contributed by atoms with Crippen LogP contribution in [-0.4, -0.2) is 6.54 Å². The molecule has 0 amide bonds. The van der Waals surface area contributed by atoms with Crippen molar-refractivity contribution >= 4 is 5.69 Å². The molecule has 0 unspecified atom stereocenters. The molecule has 0 aliphatic heterocycles. The van der Waals surface area contributed by atoms with Crippen LogP contribution in [0, 0.1) is 17.6 Å². The summed E-state index contributed by atoms with van der Waals surface area (Å²) in [6.45, 7) is 4.73. The summed E-state index contributed by atoms with van der Waals surface area (Å²) >= 11 is 0. The van der Waals surface area contributed by atoms with Gasteiger partial charge in [0, 0.05) is 34.3 Å². The first-order valence-electron chi connectivity index (χ1n) is 4.28. The predicted molar refractivity (Wildman–Crippen MR) is 49.7 cm³/mol. The van der Waals surface area contributed by atoms with E-state index in [0.29, 0.717) is 18.2 Å². The van der Waals surface area contributed by atoms with Crippen molar-refractivity contribution in [1.29, 1.82) is 0 Å². The molecule has 1 aromatic carbocycles. The Morgan fingerprint density at radius 2 is 1.93 bits per heavy atom. The van der Waals surface area contributed by atoms with Crippen LogP contribution < -0.4 is 5.32 Å². The summed E-state index contributed by atoms with van der Waals surface area (Å²) in [7, 11) is 0. The number of benzene rings is 1. The van der Waals surface area contributed by atoms with Crippen LogP contribution in [0.15, 0.2) is 18.2 Å². The number of nitrogens with one attached hydrogen (secondary N) is 1. The second kappa shape index (κ2) is 6.15. The SMILES string of the molecule is CC(C)CNc1ccc(F)cc1F.[Ti]. The van der Waals surface area contributed by atoms with Crippen molar-refractivity contribution in [2.45, 2.75) is 13.8 Å². The van der Waals surface area contributed by atoms with Crippen molar-refractivity contribution in [2.24, 2.45) is 5.92 Å². The van der Waals surface area contributed by atoms with Crippen LogP contribution in [0.25, 0.3) is 0 Å². The maximum atomic E-state index is 13.0. The van der Waals surface area contributed by atoms with Crippen molar-refractivity contribution in [2.75, 3.05) is 11.9 Å². The maximum Gasteiger partial charge on any atom is 0.149 e. The van der Waals surface area contributed by atoms with E-state index in [2.05, 4.69) is 5.32 Å². The Hall–Kier alpha value is -0.406. The van der Waals surface area contributed by atoms with E-state index >= 15 is 0 Å². The zero-order valence-electron chi connectivity index (χ0n) is 8.27. The van der Waals surface area contributed by atoms with Crippen molar-refractivity contribution in [1.82, 2.24) is 0 Å². The minimum Gasteiger partial charge on any atom is -0.382 e. The Labute approximate surface area is 97.8 Å². The summed E-state index contributed by atoms with van der Waals surface area (Å²) in [5.41, 5.74) is 0.357. The summed E-state index contributed by atoms with van der Waals surface area (Å²) in [6.07, 6.45) is 0. The molecule has 0 spiro atoms. The van der Waals surface area contributed by atoms with Gasteiger partial charge < -0.3 is 5.32 Å². The van der Waals surface area contributed by atoms with Gasteiger partial charge in [0.15, 0.2) is 0 Å². The van der Waals surface area contributed by atoms with Gasteiger partial charge in [0.1, 0.15) is 11.6 Å². The molecule has 1 rings (SSSR count). The molecule has 76 valence electrons. The second-order valence-corrected chi connectivity index (χ2v) is 3.40. The van der Waals surface area contributed by atoms with Crippen LogP contribution >= 0.6 is 0 Å². The van der Waals surface area contributed by atoms with E-state index in [4.69, 9.17) is 0 Å². The summed E-state index contributed by atoms with van der Waals surface area (Å²) < 4.78 is 25.5. The average molecular weight is 233 g/mol. The minimum absolute atomic E-state index is 0. The summed E-state index contributed by atoms with van der Waals surface area (Å²) in [4.78, 5) is 0. The third-order valence-electron chi connectivity index (χ3n) is 1.63. The third kappa shape index (κ3) is 4.20. The topological polar surface area (TPSA) is 12.0 Å². The third-order valence-corrected chi connectivity index (χ3v) is 1.63. The molecule has 1 N–H and O–H groups in total. The molecule has 0 atom stereocenters. The Morgan fingerprint density at radius 3 is 2.43 bits per heavy atom. The predicted octanol–water partition coefficient (Wildman–Crippen LogP) is 3.03. The van der Waals surface area contributed by atoms with Crippen LogP contribution in [0.2, 0.25) is 0 Å². The zero-order valence-corrected chi connectivity index (χ0v) is 9.83. The van der Waals surface area contributed by atoms with Crippen molar-refractivity contribution < 1.29 is 30.5 Å². The van der Waals surface area contributed by atoms with Crippen molar-refractivity contribution in [3.05, 3.63) is 29.8 Å². The van der Waals surface area contributed by atoms with Gasteiger partial charge in [-0.3, -0.25) is 0 Å². The molecule has 0 fully saturated rings. The van der Waals surface area contributed by atoms with Gasteiger partial charge in [0.05, 0.1) is 5.69 Å². The van der Waals surface area contributed by atoms with Gasteiger partial charge in [-0.1, -0.05) is 13.8 Å². The van der Waals surface area contributed by atoms with E-state index in [9.17, 15) is 8.78 Å². The van der Waals surface area contributed by atoms with Crippen molar-refractivity contribution in [3.63, 3.8) is 0 Å². The zero-order chi connectivity index (χ0) is 9.84. The number of hydrogen-bond donors (Lipinski definition) is 1. The first kappa shape index (κ1) is 13.6. The van der Waals surface area contributed by atoms with Crippen molar-refractivity contribution in [3.8, 4) is 0 Å². The van der Waals surface area contributed by atoms with E-state index < -0.39 is 11.6 Å². The Morgan fingerprint density at radius 1 is 1.29 bits per heavy atom. The van der Waals surface area contributed by atoms with Gasteiger partial charge in [-0.2, -0.15) is 0 Å². The fourth-order valence-electron chi connectivity index (χ4n) is 0.947. The largest absolute Gasteiger partial charge is 0.382 e. The molecule has 0 aliphatic rings. The second-order valence-electron chi connectivity index (χ2n) is 3.40. The van der Waals surface area contributed by atoms with Gasteiger partial charge in [-0.15, -0.1) is 0 Å². The maximum absolute atomic E-state index is 13.0. The molecular weight excluding hydrogens is 220 g/mol. The van der Waals surface area contributed by atoms with Crippen LogP contribution in [0.5, 0.6) is 0 Å². The van der Waals surface area contributed by atoms with Crippen LogP contribution in [0.4, 0.5) is 14.5 Å². The molecule has 0 saturated heterocycles. The molecule has 1 aromatic rings. The van der Waals surface area contributed by atoms with E-state index in [1.54, 1.807) is 0 Å². The quantitative estimate of drug-likeness (QED) is 0.791. The molecule has 1 nitrogen and oxygen atoms in total. The summed E-state index contributed by atoms with van der Waals surface area (Å²) in [6, 6.07) is 3.53. The molecule has 0 heterocycles. The van der Waals surface area contributed by atoms with Crippen LogP contribution in [0.3, 0.4) is 0 Å². The Bertz CT molecular complexity index is 289. The van der Waals surface area contributed by atoms with E-state index in [1.807, 2.05) is 13.8 Å². The Kier molecular flexibility index (Phi) is 5.97. The van der Waals surface area contributed by atoms with E-state index in [1.165, 1.54) is 12.1 Å². The Balaban J connectivity index is 0.00000169. The van der Waals surface area contributed by atoms with Gasteiger partial charge in [-0.25, -0.2) is 8.78 Å². The molecule has 0 aliphatic carbocycles. The van der Waals surface area contributed by atoms with E-state index in [0.717, 1.165) is 6.07 Å². The molecule has 14 heavy (non-hydrogen) atoms. The molecule has 0 saturated carbocycles. The molecule has 0 radical (unpaired) electrons.